The van der Waals surface area contributed by atoms with Crippen LogP contribution in [0.2, 0.25) is 5.02 Å². The van der Waals surface area contributed by atoms with E-state index in [4.69, 9.17) is 11.6 Å². The highest BCUT2D eigenvalue weighted by atomic mass is 79.9. The molecule has 1 aliphatic carbocycles. The van der Waals surface area contributed by atoms with Crippen LogP contribution in [-0.2, 0) is 10.3 Å². The third-order valence-electron chi connectivity index (χ3n) is 2.55. The van der Waals surface area contributed by atoms with Crippen LogP contribution in [0.25, 0.3) is 0 Å². The van der Waals surface area contributed by atoms with Crippen LogP contribution in [0, 0.1) is 0 Å². The summed E-state index contributed by atoms with van der Waals surface area (Å²) >= 11 is 9.09. The minimum atomic E-state index is -0.587. The van der Waals surface area contributed by atoms with Crippen molar-refractivity contribution >= 4 is 33.6 Å². The zero-order chi connectivity index (χ0) is 11.1. The number of isocyanates is 1. The minimum Gasteiger partial charge on any atom is -0.506 e. The third kappa shape index (κ3) is 1.69. The molecule has 1 N–H and O–H groups in total. The molecule has 2 rings (SSSR count). The molecule has 1 saturated carbocycles. The van der Waals surface area contributed by atoms with Crippen molar-refractivity contribution in [1.29, 1.82) is 0 Å². The van der Waals surface area contributed by atoms with Gasteiger partial charge >= 0.3 is 0 Å². The molecule has 78 valence electrons. The van der Waals surface area contributed by atoms with Gasteiger partial charge < -0.3 is 5.11 Å². The van der Waals surface area contributed by atoms with Crippen LogP contribution in [0.3, 0.4) is 0 Å². The molecule has 1 aromatic carbocycles. The first-order valence-corrected chi connectivity index (χ1v) is 5.54. The largest absolute Gasteiger partial charge is 0.506 e. The standard InChI is InChI=1S/C10H7BrClNO2/c11-7-2-1-6(9(15)8(7)12)10(3-4-10)13-5-14/h1-2,15H,3-4H2. The van der Waals surface area contributed by atoms with Crippen LogP contribution in [0.5, 0.6) is 5.75 Å². The van der Waals surface area contributed by atoms with E-state index in [9.17, 15) is 9.90 Å². The van der Waals surface area contributed by atoms with Crippen molar-refractivity contribution in [2.45, 2.75) is 18.4 Å². The Kier molecular flexibility index (Phi) is 2.59. The number of hydrogen-bond acceptors (Lipinski definition) is 3. The summed E-state index contributed by atoms with van der Waals surface area (Å²) in [7, 11) is 0. The first-order chi connectivity index (χ1) is 7.10. The maximum Gasteiger partial charge on any atom is 0.235 e. The molecule has 0 saturated heterocycles. The van der Waals surface area contributed by atoms with Gasteiger partial charge in [-0.15, -0.1) is 0 Å². The lowest BCUT2D eigenvalue weighted by atomic mass is 10.0. The SMILES string of the molecule is O=C=NC1(c2ccc(Br)c(Cl)c2O)CC1. The predicted octanol–water partition coefficient (Wildman–Crippen LogP) is 3.13. The van der Waals surface area contributed by atoms with E-state index >= 15 is 0 Å². The summed E-state index contributed by atoms with van der Waals surface area (Å²) in [5, 5.41) is 10.1. The second-order valence-corrected chi connectivity index (χ2v) is 4.72. The average molecular weight is 289 g/mol. The number of phenolic OH excluding ortho intramolecular Hbond substituents is 1. The van der Waals surface area contributed by atoms with Gasteiger partial charge in [-0.3, -0.25) is 0 Å². The number of hydrogen-bond donors (Lipinski definition) is 1. The first-order valence-electron chi connectivity index (χ1n) is 4.37. The lowest BCUT2D eigenvalue weighted by molar-refractivity contribution is 0.459. The molecule has 1 fully saturated rings. The van der Waals surface area contributed by atoms with Crippen molar-refractivity contribution in [3.8, 4) is 5.75 Å². The van der Waals surface area contributed by atoms with Crippen molar-refractivity contribution in [3.63, 3.8) is 0 Å². The molecule has 0 aliphatic heterocycles. The minimum absolute atomic E-state index is 0.0115. The highest BCUT2D eigenvalue weighted by molar-refractivity contribution is 9.10. The molecule has 5 heteroatoms. The molecule has 0 heterocycles. The summed E-state index contributed by atoms with van der Waals surface area (Å²) in [6.07, 6.45) is 3.03. The lowest BCUT2D eigenvalue weighted by Gasteiger charge is -2.12. The van der Waals surface area contributed by atoms with Gasteiger partial charge in [-0.2, -0.15) is 4.99 Å². The summed E-state index contributed by atoms with van der Waals surface area (Å²) in [5.41, 5.74) is 0.00921. The van der Waals surface area contributed by atoms with Gasteiger partial charge in [0, 0.05) is 10.0 Å². The average Bonchev–Trinajstić information content (AvgIpc) is 2.96. The van der Waals surface area contributed by atoms with Gasteiger partial charge in [0.05, 0.1) is 5.02 Å². The number of carbonyl (C=O) groups excluding carboxylic acids is 1. The fourth-order valence-electron chi connectivity index (χ4n) is 1.56. The second-order valence-electron chi connectivity index (χ2n) is 3.49. The van der Waals surface area contributed by atoms with E-state index in [1.54, 1.807) is 12.1 Å². The number of benzene rings is 1. The molecule has 0 unspecified atom stereocenters. The van der Waals surface area contributed by atoms with Gasteiger partial charge in [-0.1, -0.05) is 17.7 Å². The normalized spacial score (nSPS) is 16.9. The zero-order valence-corrected chi connectivity index (χ0v) is 9.97. The molecule has 3 nitrogen and oxygen atoms in total. The van der Waals surface area contributed by atoms with E-state index in [0.717, 1.165) is 12.8 Å². The van der Waals surface area contributed by atoms with E-state index in [-0.39, 0.29) is 10.8 Å². The van der Waals surface area contributed by atoms with E-state index in [0.29, 0.717) is 10.0 Å². The van der Waals surface area contributed by atoms with Crippen LogP contribution in [0.4, 0.5) is 0 Å². The maximum absolute atomic E-state index is 10.3. The third-order valence-corrected chi connectivity index (χ3v) is 3.83. The summed E-state index contributed by atoms with van der Waals surface area (Å²) in [4.78, 5) is 14.0. The molecular formula is C10H7BrClNO2. The van der Waals surface area contributed by atoms with Crippen LogP contribution in [-0.4, -0.2) is 11.2 Å². The summed E-state index contributed by atoms with van der Waals surface area (Å²) in [5.74, 6) is -0.0115. The van der Waals surface area contributed by atoms with Crippen molar-refractivity contribution in [2.75, 3.05) is 0 Å². The Morgan fingerprint density at radius 1 is 1.53 bits per heavy atom. The molecule has 15 heavy (non-hydrogen) atoms. The number of nitrogens with zero attached hydrogens (tertiary/aromatic N) is 1. The van der Waals surface area contributed by atoms with E-state index < -0.39 is 5.54 Å². The van der Waals surface area contributed by atoms with E-state index in [2.05, 4.69) is 20.9 Å². The van der Waals surface area contributed by atoms with E-state index in [1.165, 1.54) is 6.08 Å². The second kappa shape index (κ2) is 3.63. The highest BCUT2D eigenvalue weighted by Gasteiger charge is 2.47. The molecule has 0 bridgehead atoms. The van der Waals surface area contributed by atoms with Gasteiger partial charge in [0.2, 0.25) is 6.08 Å². The molecule has 0 amide bonds. The lowest BCUT2D eigenvalue weighted by Crippen LogP contribution is -2.02. The molecule has 0 atom stereocenters. The number of phenols is 1. The van der Waals surface area contributed by atoms with Gasteiger partial charge in [-0.25, -0.2) is 4.79 Å². The van der Waals surface area contributed by atoms with Crippen LogP contribution >= 0.6 is 27.5 Å². The zero-order valence-electron chi connectivity index (χ0n) is 7.63. The molecular weight excluding hydrogens is 281 g/mol. The number of aromatic hydroxyl groups is 1. The van der Waals surface area contributed by atoms with Gasteiger partial charge in [0.15, 0.2) is 0 Å². The fraction of sp³-hybridized carbons (Fsp3) is 0.300. The molecule has 0 radical (unpaired) electrons. The molecule has 0 spiro atoms. The first kappa shape index (κ1) is 10.7. The smallest absolute Gasteiger partial charge is 0.235 e. The Bertz CT molecular complexity index is 465. The van der Waals surface area contributed by atoms with Gasteiger partial charge in [-0.05, 0) is 34.8 Å². The van der Waals surface area contributed by atoms with Crippen LogP contribution in [0.15, 0.2) is 21.6 Å². The monoisotopic (exact) mass is 287 g/mol. The fourth-order valence-corrected chi connectivity index (χ4v) is 2.05. The Hall–Kier alpha value is -0.830. The van der Waals surface area contributed by atoms with Crippen molar-refractivity contribution in [1.82, 2.24) is 0 Å². The predicted molar refractivity (Wildman–Crippen MR) is 59.9 cm³/mol. The van der Waals surface area contributed by atoms with Crippen molar-refractivity contribution in [2.24, 2.45) is 4.99 Å². The Balaban J connectivity index is 2.55. The van der Waals surface area contributed by atoms with Crippen LogP contribution < -0.4 is 0 Å². The van der Waals surface area contributed by atoms with Crippen molar-refractivity contribution in [3.05, 3.63) is 27.2 Å². The number of halogens is 2. The summed E-state index contributed by atoms with van der Waals surface area (Å²) in [6, 6.07) is 3.46. The maximum atomic E-state index is 10.3. The molecule has 0 aromatic heterocycles. The van der Waals surface area contributed by atoms with Gasteiger partial charge in [0.25, 0.3) is 0 Å². The Morgan fingerprint density at radius 2 is 2.20 bits per heavy atom. The topological polar surface area (TPSA) is 49.7 Å². The Labute approximate surface area is 99.9 Å². The van der Waals surface area contributed by atoms with Crippen LogP contribution in [0.1, 0.15) is 18.4 Å². The van der Waals surface area contributed by atoms with E-state index in [1.807, 2.05) is 0 Å². The van der Waals surface area contributed by atoms with Gasteiger partial charge in [0.1, 0.15) is 11.3 Å². The molecule has 1 aliphatic rings. The van der Waals surface area contributed by atoms with Crippen molar-refractivity contribution < 1.29 is 9.90 Å². The number of rotatable bonds is 2. The molecule has 1 aromatic rings. The quantitative estimate of drug-likeness (QED) is 0.671. The summed E-state index contributed by atoms with van der Waals surface area (Å²) < 4.78 is 0.622. The summed E-state index contributed by atoms with van der Waals surface area (Å²) in [6.45, 7) is 0. The Morgan fingerprint density at radius 3 is 2.73 bits per heavy atom. The highest BCUT2D eigenvalue weighted by Crippen LogP contribution is 2.54. The number of aliphatic imine (C=N–C) groups is 1.